The molecule has 0 aliphatic rings. The van der Waals surface area contributed by atoms with Crippen molar-refractivity contribution in [3.05, 3.63) is 53.5 Å². The van der Waals surface area contributed by atoms with Crippen LogP contribution < -0.4 is 3.71 Å². The predicted octanol–water partition coefficient (Wildman–Crippen LogP) is 3.04. The summed E-state index contributed by atoms with van der Waals surface area (Å²) in [7, 11) is 0. The van der Waals surface area contributed by atoms with E-state index >= 15 is 0 Å². The molecule has 5 heteroatoms. The maximum absolute atomic E-state index is 9.11. The summed E-state index contributed by atoms with van der Waals surface area (Å²) >= 11 is -2.29. The van der Waals surface area contributed by atoms with Crippen LogP contribution in [0.2, 0.25) is 14.8 Å². The number of aromatic nitrogens is 2. The molecule has 23 heavy (non-hydrogen) atoms. The number of ether oxygens (including phenoxy) is 1. The third-order valence-corrected chi connectivity index (χ3v) is 8.60. The molecular formula is C18H23N3OSn. The molecule has 1 heterocycles. The van der Waals surface area contributed by atoms with Crippen molar-refractivity contribution in [3.8, 4) is 6.07 Å². The Hall–Kier alpha value is -1.45. The van der Waals surface area contributed by atoms with E-state index in [1.807, 2.05) is 18.2 Å². The van der Waals surface area contributed by atoms with Gasteiger partial charge in [-0.15, -0.1) is 0 Å². The number of hydrogen-bond acceptors (Lipinski definition) is 4. The number of rotatable bonds is 7. The Kier molecular flexibility index (Phi) is 6.55. The summed E-state index contributed by atoms with van der Waals surface area (Å²) in [4.78, 5) is 15.6. The van der Waals surface area contributed by atoms with E-state index in [0.29, 0.717) is 19.0 Å². The molecule has 0 aliphatic heterocycles. The molecule has 0 fully saturated rings. The van der Waals surface area contributed by atoms with Crippen molar-refractivity contribution < 1.29 is 4.74 Å². The average Bonchev–Trinajstić information content (AvgIpc) is 2.54. The fourth-order valence-electron chi connectivity index (χ4n) is 2.18. The van der Waals surface area contributed by atoms with E-state index in [4.69, 9.17) is 10.00 Å². The zero-order chi connectivity index (χ0) is 16.7. The van der Waals surface area contributed by atoms with Gasteiger partial charge >= 0.3 is 142 Å². The number of hydrogen-bond donors (Lipinski definition) is 0. The molecule has 0 spiro atoms. The van der Waals surface area contributed by atoms with Gasteiger partial charge in [-0.3, -0.25) is 0 Å². The fourth-order valence-corrected chi connectivity index (χ4v) is 5.15. The number of aryl methyl sites for hydroxylation is 1. The molecule has 1 aromatic heterocycles. The van der Waals surface area contributed by atoms with Gasteiger partial charge in [0.1, 0.15) is 0 Å². The third kappa shape index (κ3) is 5.92. The van der Waals surface area contributed by atoms with Crippen LogP contribution in [0.1, 0.15) is 23.5 Å². The summed E-state index contributed by atoms with van der Waals surface area (Å²) in [5.41, 5.74) is 2.15. The van der Waals surface area contributed by atoms with Gasteiger partial charge in [0, 0.05) is 0 Å². The Bertz CT molecular complexity index is 675. The van der Waals surface area contributed by atoms with E-state index in [1.54, 1.807) is 0 Å². The van der Waals surface area contributed by atoms with Crippen LogP contribution in [0.5, 0.6) is 0 Å². The molecule has 0 amide bonds. The normalized spacial score (nSPS) is 11.2. The van der Waals surface area contributed by atoms with Gasteiger partial charge < -0.3 is 0 Å². The second-order valence-corrected chi connectivity index (χ2v) is 20.9. The molecule has 0 bridgehead atoms. The van der Waals surface area contributed by atoms with Crippen molar-refractivity contribution in [3.63, 3.8) is 0 Å². The molecule has 120 valence electrons. The van der Waals surface area contributed by atoms with Crippen LogP contribution >= 0.6 is 0 Å². The summed E-state index contributed by atoms with van der Waals surface area (Å²) in [5.74, 6) is 0.300. The molecular weight excluding hydrogens is 393 g/mol. The Morgan fingerprint density at radius 1 is 1.13 bits per heavy atom. The van der Waals surface area contributed by atoms with Crippen molar-refractivity contribution in [2.24, 2.45) is 0 Å². The second kappa shape index (κ2) is 8.41. The van der Waals surface area contributed by atoms with Crippen LogP contribution in [-0.4, -0.2) is 35.0 Å². The quantitative estimate of drug-likeness (QED) is 0.515. The van der Waals surface area contributed by atoms with Gasteiger partial charge in [0.2, 0.25) is 0 Å². The number of nitriles is 1. The van der Waals surface area contributed by atoms with E-state index in [-0.39, 0.29) is 0 Å². The van der Waals surface area contributed by atoms with E-state index < -0.39 is 18.4 Å². The molecule has 0 saturated heterocycles. The summed E-state index contributed by atoms with van der Waals surface area (Å²) < 4.78 is 6.82. The minimum absolute atomic E-state index is 0.300. The van der Waals surface area contributed by atoms with Gasteiger partial charge in [-0.2, -0.15) is 0 Å². The number of nitrogens with zero attached hydrogens (tertiary/aromatic N) is 3. The van der Waals surface area contributed by atoms with Crippen molar-refractivity contribution in [2.75, 3.05) is 6.61 Å². The number of benzene rings is 1. The van der Waals surface area contributed by atoms with E-state index in [0.717, 1.165) is 22.2 Å². The van der Waals surface area contributed by atoms with E-state index in [1.165, 1.54) is 5.56 Å². The monoisotopic (exact) mass is 417 g/mol. The Morgan fingerprint density at radius 2 is 1.87 bits per heavy atom. The molecule has 0 N–H and O–H groups in total. The molecule has 0 unspecified atom stereocenters. The summed E-state index contributed by atoms with van der Waals surface area (Å²) in [6.07, 6.45) is 1.72. The van der Waals surface area contributed by atoms with Crippen LogP contribution in [0.4, 0.5) is 0 Å². The Morgan fingerprint density at radius 3 is 2.52 bits per heavy atom. The standard InChI is InChI=1S/C15H14N3O.3CH3.Sn/c16-11-15-17-9-8-14(18-15)7-4-10-19-12-13-5-2-1-3-6-13;;;;/h1-3,5-6,8H,4,7,10,12H2;3*1H3;. The summed E-state index contributed by atoms with van der Waals surface area (Å²) in [6, 6.07) is 14.3. The molecule has 0 saturated carbocycles. The Balaban J connectivity index is 1.87. The van der Waals surface area contributed by atoms with Gasteiger partial charge in [-0.1, -0.05) is 0 Å². The maximum atomic E-state index is 9.11. The van der Waals surface area contributed by atoms with Gasteiger partial charge in [0.05, 0.1) is 0 Å². The van der Waals surface area contributed by atoms with Crippen molar-refractivity contribution in [1.29, 1.82) is 5.26 Å². The fraction of sp³-hybridized carbons (Fsp3) is 0.389. The van der Waals surface area contributed by atoms with E-state index in [9.17, 15) is 0 Å². The molecule has 2 aromatic rings. The van der Waals surface area contributed by atoms with Crippen LogP contribution in [0.15, 0.2) is 36.4 Å². The Labute approximate surface area is 142 Å². The topological polar surface area (TPSA) is 58.8 Å². The van der Waals surface area contributed by atoms with Crippen molar-refractivity contribution >= 4 is 22.1 Å². The van der Waals surface area contributed by atoms with Gasteiger partial charge in [-0.25, -0.2) is 0 Å². The van der Waals surface area contributed by atoms with Gasteiger partial charge in [-0.05, 0) is 0 Å². The van der Waals surface area contributed by atoms with Crippen LogP contribution in [0.3, 0.4) is 0 Å². The second-order valence-electron chi connectivity index (χ2n) is 6.57. The van der Waals surface area contributed by atoms with Crippen LogP contribution in [0, 0.1) is 11.3 Å². The molecule has 0 aliphatic carbocycles. The third-order valence-electron chi connectivity index (χ3n) is 3.48. The first kappa shape index (κ1) is 17.9. The molecule has 4 nitrogen and oxygen atoms in total. The predicted molar refractivity (Wildman–Crippen MR) is 94.1 cm³/mol. The van der Waals surface area contributed by atoms with E-state index in [2.05, 4.69) is 49.1 Å². The molecule has 1 aromatic carbocycles. The average molecular weight is 416 g/mol. The first-order valence-corrected chi connectivity index (χ1v) is 17.9. The molecule has 2 rings (SSSR count). The zero-order valence-corrected chi connectivity index (χ0v) is 16.9. The van der Waals surface area contributed by atoms with Crippen molar-refractivity contribution in [2.45, 2.75) is 34.3 Å². The van der Waals surface area contributed by atoms with Gasteiger partial charge in [0.15, 0.2) is 0 Å². The van der Waals surface area contributed by atoms with Crippen molar-refractivity contribution in [1.82, 2.24) is 9.97 Å². The van der Waals surface area contributed by atoms with Crippen LogP contribution in [-0.2, 0) is 17.8 Å². The first-order chi connectivity index (χ1) is 11.0. The minimum atomic E-state index is -2.29. The first-order valence-electron chi connectivity index (χ1n) is 7.89. The SMILES string of the molecule is [CH3][Sn]([CH3])([CH3])[c]1cc(CCCOCc2ccccc2)nc(C#N)n1. The summed E-state index contributed by atoms with van der Waals surface area (Å²) in [6.45, 7) is 1.33. The summed E-state index contributed by atoms with van der Waals surface area (Å²) in [5, 5.41) is 9.11. The molecule has 0 radical (unpaired) electrons. The van der Waals surface area contributed by atoms with Crippen LogP contribution in [0.25, 0.3) is 0 Å². The molecule has 0 atom stereocenters. The zero-order valence-electron chi connectivity index (χ0n) is 14.0. The van der Waals surface area contributed by atoms with Gasteiger partial charge in [0.25, 0.3) is 0 Å².